The van der Waals surface area contributed by atoms with Gasteiger partial charge in [0.05, 0.1) is 12.2 Å². The van der Waals surface area contributed by atoms with Crippen molar-refractivity contribution in [1.82, 2.24) is 0 Å². The summed E-state index contributed by atoms with van der Waals surface area (Å²) in [6.07, 6.45) is 0. The van der Waals surface area contributed by atoms with E-state index in [1.54, 1.807) is 25.1 Å². The van der Waals surface area contributed by atoms with Crippen molar-refractivity contribution >= 4 is 16.1 Å². The minimum absolute atomic E-state index is 0.0690. The van der Waals surface area contributed by atoms with Crippen molar-refractivity contribution in [2.75, 3.05) is 6.61 Å². The lowest BCUT2D eigenvalue weighted by Crippen LogP contribution is -2.10. The lowest BCUT2D eigenvalue weighted by Gasteiger charge is -2.07. The summed E-state index contributed by atoms with van der Waals surface area (Å²) in [7, 11) is -3.87. The molecule has 2 aromatic rings. The zero-order valence-corrected chi connectivity index (χ0v) is 12.2. The Morgan fingerprint density at radius 2 is 1.62 bits per heavy atom. The Labute approximate surface area is 123 Å². The van der Waals surface area contributed by atoms with E-state index in [0.29, 0.717) is 5.56 Å². The molecular weight excluding hydrogens is 292 g/mol. The smallest absolute Gasteiger partial charge is 0.339 e. The molecule has 0 aliphatic heterocycles. The Kier molecular flexibility index (Phi) is 4.59. The van der Waals surface area contributed by atoms with E-state index in [2.05, 4.69) is 0 Å². The number of benzene rings is 2. The fraction of sp³-hybridized carbons (Fsp3) is 0.133. The van der Waals surface area contributed by atoms with Crippen LogP contribution in [0.5, 0.6) is 5.75 Å². The summed E-state index contributed by atoms with van der Waals surface area (Å²) in [6, 6.07) is 13.6. The first-order chi connectivity index (χ1) is 10.0. The zero-order chi connectivity index (χ0) is 15.3. The van der Waals surface area contributed by atoms with Crippen LogP contribution in [0.15, 0.2) is 59.5 Å². The Morgan fingerprint density at radius 1 is 1.00 bits per heavy atom. The summed E-state index contributed by atoms with van der Waals surface area (Å²) < 4.78 is 33.9. The van der Waals surface area contributed by atoms with E-state index in [1.807, 2.05) is 0 Å². The van der Waals surface area contributed by atoms with Crippen molar-refractivity contribution in [1.29, 1.82) is 0 Å². The third-order valence-corrected chi connectivity index (χ3v) is 3.86. The molecule has 2 rings (SSSR count). The highest BCUT2D eigenvalue weighted by Gasteiger charge is 2.16. The van der Waals surface area contributed by atoms with Crippen molar-refractivity contribution in [2.24, 2.45) is 0 Å². The van der Waals surface area contributed by atoms with Gasteiger partial charge in [0.15, 0.2) is 0 Å². The average Bonchev–Trinajstić information content (AvgIpc) is 2.49. The van der Waals surface area contributed by atoms with Crippen molar-refractivity contribution in [3.8, 4) is 5.75 Å². The van der Waals surface area contributed by atoms with E-state index in [4.69, 9.17) is 8.92 Å². The van der Waals surface area contributed by atoms with Gasteiger partial charge in [-0.25, -0.2) is 4.79 Å². The summed E-state index contributed by atoms with van der Waals surface area (Å²) in [5, 5.41) is 0. The van der Waals surface area contributed by atoms with Gasteiger partial charge in [-0.15, -0.1) is 0 Å². The number of hydrogen-bond donors (Lipinski definition) is 0. The molecule has 0 bridgehead atoms. The van der Waals surface area contributed by atoms with Crippen LogP contribution in [0.4, 0.5) is 0 Å². The Bertz CT molecular complexity index is 705. The molecule has 5 nitrogen and oxygen atoms in total. The molecule has 0 N–H and O–H groups in total. The maximum absolute atomic E-state index is 12.0. The van der Waals surface area contributed by atoms with Crippen molar-refractivity contribution < 1.29 is 22.1 Å². The first-order valence-corrected chi connectivity index (χ1v) is 7.70. The molecule has 110 valence electrons. The minimum Gasteiger partial charge on any atom is -0.462 e. The number of ether oxygens (including phenoxy) is 1. The predicted octanol–water partition coefficient (Wildman–Crippen LogP) is 2.63. The van der Waals surface area contributed by atoms with Gasteiger partial charge >= 0.3 is 16.1 Å². The van der Waals surface area contributed by atoms with Gasteiger partial charge in [-0.2, -0.15) is 8.42 Å². The van der Waals surface area contributed by atoms with Gasteiger partial charge in [-0.3, -0.25) is 0 Å². The van der Waals surface area contributed by atoms with E-state index >= 15 is 0 Å². The largest absolute Gasteiger partial charge is 0.462 e. The summed E-state index contributed by atoms with van der Waals surface area (Å²) in [4.78, 5) is 11.6. The molecule has 0 aromatic heterocycles. The lowest BCUT2D eigenvalue weighted by atomic mass is 10.2. The zero-order valence-electron chi connectivity index (χ0n) is 11.4. The lowest BCUT2D eigenvalue weighted by molar-refractivity contribution is 0.0526. The van der Waals surface area contributed by atoms with Gasteiger partial charge in [-0.1, -0.05) is 18.2 Å². The molecule has 0 aliphatic rings. The van der Waals surface area contributed by atoms with E-state index < -0.39 is 16.1 Å². The Morgan fingerprint density at radius 3 is 2.19 bits per heavy atom. The molecule has 6 heteroatoms. The minimum atomic E-state index is -3.87. The SMILES string of the molecule is CCOC(=O)c1ccc(OS(=O)(=O)c2ccccc2)cc1. The van der Waals surface area contributed by atoms with Gasteiger partial charge in [0.25, 0.3) is 0 Å². The predicted molar refractivity (Wildman–Crippen MR) is 76.7 cm³/mol. The first kappa shape index (κ1) is 15.1. The molecule has 0 atom stereocenters. The molecular formula is C15H14O5S. The third kappa shape index (κ3) is 3.82. The van der Waals surface area contributed by atoms with Crippen LogP contribution in [-0.2, 0) is 14.9 Å². The maximum Gasteiger partial charge on any atom is 0.339 e. The van der Waals surface area contributed by atoms with Crippen LogP contribution < -0.4 is 4.18 Å². The summed E-state index contributed by atoms with van der Waals surface area (Å²) >= 11 is 0. The molecule has 0 fully saturated rings. The third-order valence-electron chi connectivity index (χ3n) is 2.60. The first-order valence-electron chi connectivity index (χ1n) is 6.29. The second kappa shape index (κ2) is 6.41. The standard InChI is InChI=1S/C15H14O5S/c1-2-19-15(16)12-8-10-13(11-9-12)20-21(17,18)14-6-4-3-5-7-14/h3-11H,2H2,1H3. The quantitative estimate of drug-likeness (QED) is 0.627. The van der Waals surface area contributed by atoms with Crippen molar-refractivity contribution in [3.05, 3.63) is 60.2 Å². The molecule has 21 heavy (non-hydrogen) atoms. The average molecular weight is 306 g/mol. The molecule has 0 saturated heterocycles. The van der Waals surface area contributed by atoms with Crippen LogP contribution in [0.1, 0.15) is 17.3 Å². The van der Waals surface area contributed by atoms with Crippen LogP contribution >= 0.6 is 0 Å². The van der Waals surface area contributed by atoms with E-state index in [1.165, 1.54) is 36.4 Å². The summed E-state index contributed by atoms with van der Waals surface area (Å²) in [6.45, 7) is 1.99. The molecule has 0 spiro atoms. The summed E-state index contributed by atoms with van der Waals surface area (Å²) in [5.41, 5.74) is 0.335. The molecule has 0 radical (unpaired) electrons. The fourth-order valence-electron chi connectivity index (χ4n) is 1.62. The highest BCUT2D eigenvalue weighted by atomic mass is 32.2. The van der Waals surface area contributed by atoms with Crippen LogP contribution in [0.25, 0.3) is 0 Å². The number of rotatable bonds is 5. The van der Waals surface area contributed by atoms with Gasteiger partial charge in [0, 0.05) is 0 Å². The molecule has 0 amide bonds. The molecule has 0 heterocycles. The second-order valence-electron chi connectivity index (χ2n) is 4.10. The highest BCUT2D eigenvalue weighted by Crippen LogP contribution is 2.19. The van der Waals surface area contributed by atoms with E-state index in [-0.39, 0.29) is 17.3 Å². The number of carbonyl (C=O) groups excluding carboxylic acids is 1. The topological polar surface area (TPSA) is 69.7 Å². The van der Waals surface area contributed by atoms with Crippen LogP contribution in [0.3, 0.4) is 0 Å². The molecule has 0 saturated carbocycles. The van der Waals surface area contributed by atoms with Crippen LogP contribution in [-0.4, -0.2) is 21.0 Å². The number of esters is 1. The van der Waals surface area contributed by atoms with E-state index in [0.717, 1.165) is 0 Å². The van der Waals surface area contributed by atoms with Crippen LogP contribution in [0.2, 0.25) is 0 Å². The van der Waals surface area contributed by atoms with Gasteiger partial charge in [-0.05, 0) is 43.3 Å². The van der Waals surface area contributed by atoms with Crippen molar-refractivity contribution in [2.45, 2.75) is 11.8 Å². The monoisotopic (exact) mass is 306 g/mol. The number of carbonyl (C=O) groups is 1. The van der Waals surface area contributed by atoms with Crippen molar-refractivity contribution in [3.63, 3.8) is 0 Å². The molecule has 0 aliphatic carbocycles. The van der Waals surface area contributed by atoms with Gasteiger partial charge in [0.2, 0.25) is 0 Å². The maximum atomic E-state index is 12.0. The Hall–Kier alpha value is -2.34. The van der Waals surface area contributed by atoms with Crippen LogP contribution in [0, 0.1) is 0 Å². The molecule has 0 unspecified atom stereocenters. The normalized spacial score (nSPS) is 10.9. The van der Waals surface area contributed by atoms with E-state index in [9.17, 15) is 13.2 Å². The highest BCUT2D eigenvalue weighted by molar-refractivity contribution is 7.87. The fourth-order valence-corrected chi connectivity index (χ4v) is 2.57. The van der Waals surface area contributed by atoms with Gasteiger partial charge in [0.1, 0.15) is 10.6 Å². The van der Waals surface area contributed by atoms with Gasteiger partial charge < -0.3 is 8.92 Å². The Balaban J connectivity index is 2.15. The summed E-state index contributed by atoms with van der Waals surface area (Å²) in [5.74, 6) is -0.332. The number of hydrogen-bond acceptors (Lipinski definition) is 5. The molecule has 2 aromatic carbocycles. The second-order valence-corrected chi connectivity index (χ2v) is 5.64.